The van der Waals surface area contributed by atoms with Gasteiger partial charge in [-0.15, -0.1) is 0 Å². The quantitative estimate of drug-likeness (QED) is 0.284. The van der Waals surface area contributed by atoms with Gasteiger partial charge in [0.05, 0.1) is 0 Å². The fourth-order valence-corrected chi connectivity index (χ4v) is 0.501. The van der Waals surface area contributed by atoms with Crippen molar-refractivity contribution in [1.29, 1.82) is 0 Å². The van der Waals surface area contributed by atoms with Crippen LogP contribution < -0.4 is 0 Å². The van der Waals surface area contributed by atoms with Gasteiger partial charge in [0.25, 0.3) is 12.8 Å². The summed E-state index contributed by atoms with van der Waals surface area (Å²) < 4.78 is 8.88. The smallest absolute Gasteiger partial charge is 0.336 e. The molecule has 0 aliphatic rings. The molecule has 5 nitrogen and oxygen atoms in total. The molecule has 0 amide bonds. The molecule has 0 aromatic rings. The van der Waals surface area contributed by atoms with Crippen LogP contribution in [0.4, 0.5) is 0 Å². The minimum Gasteiger partial charge on any atom is -0.424 e. The van der Waals surface area contributed by atoms with Crippen LogP contribution in [0, 0.1) is 0 Å². The highest BCUT2D eigenvalue weighted by Gasteiger charge is 2.20. The standard InChI is InChI=1S/C8H12O5/c1-5(2)7(11)13-8(6(3)10)12-4-9/h4,6,8,10H,1H2,2-3H3. The molecule has 13 heavy (non-hydrogen) atoms. The Labute approximate surface area is 75.9 Å². The average Bonchev–Trinajstić information content (AvgIpc) is 2.03. The minimum absolute atomic E-state index is 0.100. The van der Waals surface area contributed by atoms with Crippen molar-refractivity contribution in [1.82, 2.24) is 0 Å². The van der Waals surface area contributed by atoms with E-state index in [1.807, 2.05) is 0 Å². The van der Waals surface area contributed by atoms with Crippen molar-refractivity contribution in [3.05, 3.63) is 12.2 Å². The second-order valence-electron chi connectivity index (χ2n) is 2.53. The number of carbonyl (C=O) groups excluding carboxylic acids is 2. The molecule has 1 N–H and O–H groups in total. The molecule has 0 radical (unpaired) electrons. The van der Waals surface area contributed by atoms with Crippen LogP contribution in [0.1, 0.15) is 13.8 Å². The van der Waals surface area contributed by atoms with Gasteiger partial charge in [0.1, 0.15) is 6.10 Å². The van der Waals surface area contributed by atoms with Gasteiger partial charge in [-0.2, -0.15) is 0 Å². The third-order valence-electron chi connectivity index (χ3n) is 1.16. The van der Waals surface area contributed by atoms with E-state index in [1.54, 1.807) is 0 Å². The first-order valence-electron chi connectivity index (χ1n) is 3.62. The maximum atomic E-state index is 10.9. The molecular weight excluding hydrogens is 176 g/mol. The Morgan fingerprint density at radius 2 is 2.15 bits per heavy atom. The van der Waals surface area contributed by atoms with E-state index in [-0.39, 0.29) is 12.0 Å². The molecule has 0 spiro atoms. The summed E-state index contributed by atoms with van der Waals surface area (Å²) in [5.74, 6) is -0.715. The first-order chi connectivity index (χ1) is 5.99. The van der Waals surface area contributed by atoms with Gasteiger partial charge in [0.15, 0.2) is 0 Å². The fraction of sp³-hybridized carbons (Fsp3) is 0.500. The molecule has 5 heteroatoms. The molecule has 0 rings (SSSR count). The topological polar surface area (TPSA) is 72.8 Å². The molecule has 2 atom stereocenters. The van der Waals surface area contributed by atoms with E-state index in [9.17, 15) is 9.59 Å². The Morgan fingerprint density at radius 1 is 1.62 bits per heavy atom. The van der Waals surface area contributed by atoms with Crippen LogP contribution in [0.2, 0.25) is 0 Å². The predicted molar refractivity (Wildman–Crippen MR) is 43.5 cm³/mol. The van der Waals surface area contributed by atoms with Gasteiger partial charge in [-0.1, -0.05) is 6.58 Å². The summed E-state index contributed by atoms with van der Waals surface area (Å²) in [7, 11) is 0. The monoisotopic (exact) mass is 188 g/mol. The molecule has 0 aromatic heterocycles. The second-order valence-corrected chi connectivity index (χ2v) is 2.53. The van der Waals surface area contributed by atoms with E-state index < -0.39 is 18.4 Å². The van der Waals surface area contributed by atoms with E-state index in [2.05, 4.69) is 16.1 Å². The normalized spacial score (nSPS) is 14.1. The minimum atomic E-state index is -1.28. The van der Waals surface area contributed by atoms with Gasteiger partial charge >= 0.3 is 5.97 Å². The molecular formula is C8H12O5. The molecule has 0 aliphatic heterocycles. The molecule has 0 bridgehead atoms. The van der Waals surface area contributed by atoms with Crippen LogP contribution in [0.25, 0.3) is 0 Å². The van der Waals surface area contributed by atoms with E-state index >= 15 is 0 Å². The molecule has 0 saturated carbocycles. The van der Waals surface area contributed by atoms with E-state index in [1.165, 1.54) is 13.8 Å². The van der Waals surface area contributed by atoms with Gasteiger partial charge in [-0.05, 0) is 13.8 Å². The highest BCUT2D eigenvalue weighted by molar-refractivity contribution is 5.87. The van der Waals surface area contributed by atoms with Crippen molar-refractivity contribution in [3.8, 4) is 0 Å². The summed E-state index contributed by atoms with van der Waals surface area (Å²) in [5.41, 5.74) is 0.167. The zero-order valence-electron chi connectivity index (χ0n) is 7.52. The number of esters is 1. The Kier molecular flexibility index (Phi) is 4.76. The highest BCUT2D eigenvalue weighted by Crippen LogP contribution is 2.03. The molecule has 74 valence electrons. The summed E-state index contributed by atoms with van der Waals surface area (Å²) in [6.45, 7) is 6.21. The first kappa shape index (κ1) is 11.6. The Morgan fingerprint density at radius 3 is 2.46 bits per heavy atom. The number of aliphatic hydroxyl groups excluding tert-OH is 1. The third-order valence-corrected chi connectivity index (χ3v) is 1.16. The summed E-state index contributed by atoms with van der Waals surface area (Å²) in [6, 6.07) is 0. The fourth-order valence-electron chi connectivity index (χ4n) is 0.501. The second kappa shape index (κ2) is 5.31. The molecule has 2 unspecified atom stereocenters. The Balaban J connectivity index is 4.17. The summed E-state index contributed by atoms with van der Waals surface area (Å²) in [6.07, 6.45) is -2.35. The van der Waals surface area contributed by atoms with Gasteiger partial charge < -0.3 is 14.6 Å². The number of hydrogen-bond donors (Lipinski definition) is 1. The molecule has 0 heterocycles. The lowest BCUT2D eigenvalue weighted by Gasteiger charge is -2.17. The largest absolute Gasteiger partial charge is 0.424 e. The molecule has 0 fully saturated rings. The van der Waals surface area contributed by atoms with Crippen molar-refractivity contribution < 1.29 is 24.2 Å². The zero-order valence-corrected chi connectivity index (χ0v) is 7.52. The van der Waals surface area contributed by atoms with Crippen molar-refractivity contribution >= 4 is 12.4 Å². The Hall–Kier alpha value is -1.36. The van der Waals surface area contributed by atoms with E-state index in [4.69, 9.17) is 5.11 Å². The number of aliphatic hydroxyl groups is 1. The summed E-state index contributed by atoms with van der Waals surface area (Å²) in [4.78, 5) is 20.8. The Bertz CT molecular complexity index is 209. The van der Waals surface area contributed by atoms with Gasteiger partial charge in [-0.25, -0.2) is 4.79 Å². The van der Waals surface area contributed by atoms with Gasteiger partial charge in [0.2, 0.25) is 0 Å². The lowest BCUT2D eigenvalue weighted by molar-refractivity contribution is -0.193. The molecule has 0 aliphatic carbocycles. The van der Waals surface area contributed by atoms with E-state index in [0.717, 1.165) is 0 Å². The van der Waals surface area contributed by atoms with Crippen LogP contribution in [0.5, 0.6) is 0 Å². The van der Waals surface area contributed by atoms with Gasteiger partial charge in [0, 0.05) is 5.57 Å². The number of rotatable bonds is 5. The van der Waals surface area contributed by atoms with E-state index in [0.29, 0.717) is 0 Å². The van der Waals surface area contributed by atoms with Crippen LogP contribution in [0.3, 0.4) is 0 Å². The van der Waals surface area contributed by atoms with Crippen LogP contribution in [-0.4, -0.2) is 29.9 Å². The number of ether oxygens (including phenoxy) is 2. The van der Waals surface area contributed by atoms with Crippen LogP contribution in [0.15, 0.2) is 12.2 Å². The highest BCUT2D eigenvalue weighted by atomic mass is 16.7. The average molecular weight is 188 g/mol. The van der Waals surface area contributed by atoms with Crippen molar-refractivity contribution in [3.63, 3.8) is 0 Å². The SMILES string of the molecule is C=C(C)C(=O)OC(OC=O)C(C)O. The molecule has 0 saturated heterocycles. The predicted octanol–water partition coefficient (Wildman–Crippen LogP) is -0.0144. The zero-order chi connectivity index (χ0) is 10.4. The van der Waals surface area contributed by atoms with Gasteiger partial charge in [-0.3, -0.25) is 4.79 Å². The lowest BCUT2D eigenvalue weighted by Crippen LogP contribution is -2.31. The van der Waals surface area contributed by atoms with Crippen LogP contribution in [-0.2, 0) is 19.1 Å². The number of carbonyl (C=O) groups is 2. The summed E-state index contributed by atoms with van der Waals surface area (Å²) >= 11 is 0. The van der Waals surface area contributed by atoms with Crippen molar-refractivity contribution in [2.45, 2.75) is 26.2 Å². The maximum Gasteiger partial charge on any atom is 0.336 e. The van der Waals surface area contributed by atoms with Crippen molar-refractivity contribution in [2.24, 2.45) is 0 Å². The summed E-state index contributed by atoms with van der Waals surface area (Å²) in [5, 5.41) is 8.98. The van der Waals surface area contributed by atoms with Crippen LogP contribution >= 0.6 is 0 Å². The lowest BCUT2D eigenvalue weighted by atomic mass is 10.3. The maximum absolute atomic E-state index is 10.9. The first-order valence-corrected chi connectivity index (χ1v) is 3.62. The number of hydrogen-bond acceptors (Lipinski definition) is 5. The van der Waals surface area contributed by atoms with Crippen molar-refractivity contribution in [2.75, 3.05) is 0 Å². The third kappa shape index (κ3) is 4.27. The molecule has 0 aromatic carbocycles.